The second-order valence-electron chi connectivity index (χ2n) is 4.51. The van der Waals surface area contributed by atoms with Gasteiger partial charge in [-0.25, -0.2) is 0 Å². The number of hydrogen-bond donors (Lipinski definition) is 0. The van der Waals surface area contributed by atoms with Crippen molar-refractivity contribution in [3.8, 4) is 0 Å². The topological polar surface area (TPSA) is 3.24 Å². The van der Waals surface area contributed by atoms with Crippen LogP contribution in [0.1, 0.15) is 11.1 Å². The molecule has 0 bridgehead atoms. The molecule has 0 aromatic heterocycles. The lowest BCUT2D eigenvalue weighted by molar-refractivity contribution is 0.402. The summed E-state index contributed by atoms with van der Waals surface area (Å²) in [6.07, 6.45) is 0. The number of halogens is 1. The average Bonchev–Trinajstić information content (AvgIpc) is 2.19. The van der Waals surface area contributed by atoms with Crippen LogP contribution in [0.15, 0.2) is 34.8 Å². The molecule has 0 radical (unpaired) electrons. The third-order valence-electron chi connectivity index (χ3n) is 2.74. The van der Waals surface area contributed by atoms with Crippen molar-refractivity contribution in [2.45, 2.75) is 13.5 Å². The van der Waals surface area contributed by atoms with Gasteiger partial charge in [-0.05, 0) is 61.1 Å². The Hall–Kier alpha value is -0.860. The van der Waals surface area contributed by atoms with Gasteiger partial charge < -0.3 is 4.90 Å². The lowest BCUT2D eigenvalue weighted by Crippen LogP contribution is -2.11. The molecule has 0 heterocycles. The van der Waals surface area contributed by atoms with E-state index in [0.29, 0.717) is 0 Å². The molecule has 0 saturated carbocycles. The summed E-state index contributed by atoms with van der Waals surface area (Å²) in [6, 6.07) is 11.0. The van der Waals surface area contributed by atoms with E-state index in [-0.39, 0.29) is 0 Å². The summed E-state index contributed by atoms with van der Waals surface area (Å²) >= 11 is 3.51. The first kappa shape index (κ1) is 11.6. The molecule has 0 saturated heterocycles. The molecule has 0 fully saturated rings. The van der Waals surface area contributed by atoms with E-state index >= 15 is 0 Å². The van der Waals surface area contributed by atoms with Gasteiger partial charge in [0.2, 0.25) is 0 Å². The first-order valence-corrected chi connectivity index (χ1v) is 6.19. The van der Waals surface area contributed by atoms with E-state index in [4.69, 9.17) is 0 Å². The fourth-order valence-corrected chi connectivity index (χ4v) is 2.32. The van der Waals surface area contributed by atoms with Crippen molar-refractivity contribution in [1.29, 1.82) is 0 Å². The molecule has 0 N–H and O–H groups in total. The van der Waals surface area contributed by atoms with Crippen LogP contribution in [-0.2, 0) is 6.54 Å². The maximum Gasteiger partial charge on any atom is 0.0230 e. The number of fused-ring (bicyclic) bond motifs is 1. The third-order valence-corrected chi connectivity index (χ3v) is 3.24. The summed E-state index contributed by atoms with van der Waals surface area (Å²) in [5.74, 6) is 0. The van der Waals surface area contributed by atoms with Crippen LogP contribution in [0.5, 0.6) is 0 Å². The van der Waals surface area contributed by atoms with Gasteiger partial charge in [0.15, 0.2) is 0 Å². The Kier molecular flexibility index (Phi) is 3.31. The van der Waals surface area contributed by atoms with E-state index < -0.39 is 0 Å². The Balaban J connectivity index is 2.54. The molecule has 84 valence electrons. The number of benzene rings is 2. The van der Waals surface area contributed by atoms with Crippen LogP contribution in [0.4, 0.5) is 0 Å². The van der Waals surface area contributed by atoms with Crippen molar-refractivity contribution in [2.75, 3.05) is 14.1 Å². The van der Waals surface area contributed by atoms with E-state index in [0.717, 1.165) is 11.0 Å². The highest BCUT2D eigenvalue weighted by Gasteiger charge is 2.03. The van der Waals surface area contributed by atoms with Crippen molar-refractivity contribution >= 4 is 26.7 Å². The van der Waals surface area contributed by atoms with Gasteiger partial charge in [0.1, 0.15) is 0 Å². The van der Waals surface area contributed by atoms with Crippen molar-refractivity contribution in [2.24, 2.45) is 0 Å². The summed E-state index contributed by atoms with van der Waals surface area (Å²) < 4.78 is 1.14. The van der Waals surface area contributed by atoms with Gasteiger partial charge in [-0.3, -0.25) is 0 Å². The number of aryl methyl sites for hydroxylation is 1. The third kappa shape index (κ3) is 2.45. The lowest BCUT2D eigenvalue weighted by atomic mass is 10.0. The summed E-state index contributed by atoms with van der Waals surface area (Å²) in [7, 11) is 4.20. The molecule has 2 rings (SSSR count). The number of rotatable bonds is 2. The van der Waals surface area contributed by atoms with Gasteiger partial charge in [0.05, 0.1) is 0 Å². The predicted octanol–water partition coefficient (Wildman–Crippen LogP) is 3.97. The smallest absolute Gasteiger partial charge is 0.0230 e. The van der Waals surface area contributed by atoms with Gasteiger partial charge in [0, 0.05) is 11.0 Å². The van der Waals surface area contributed by atoms with Crippen molar-refractivity contribution in [1.82, 2.24) is 4.90 Å². The van der Waals surface area contributed by atoms with Crippen LogP contribution in [0, 0.1) is 6.92 Å². The molecule has 0 aliphatic carbocycles. The highest BCUT2D eigenvalue weighted by Crippen LogP contribution is 2.23. The maximum absolute atomic E-state index is 3.51. The van der Waals surface area contributed by atoms with Gasteiger partial charge in [-0.1, -0.05) is 28.1 Å². The minimum absolute atomic E-state index is 0.998. The molecule has 0 unspecified atom stereocenters. The van der Waals surface area contributed by atoms with E-state index in [9.17, 15) is 0 Å². The SMILES string of the molecule is Cc1cc2cc(Br)ccc2cc1CN(C)C. The summed E-state index contributed by atoms with van der Waals surface area (Å²) in [4.78, 5) is 2.20. The van der Waals surface area contributed by atoms with Crippen LogP contribution < -0.4 is 0 Å². The van der Waals surface area contributed by atoms with Gasteiger partial charge >= 0.3 is 0 Å². The lowest BCUT2D eigenvalue weighted by Gasteiger charge is -2.13. The second kappa shape index (κ2) is 4.56. The van der Waals surface area contributed by atoms with Crippen molar-refractivity contribution in [3.05, 3.63) is 45.9 Å². The molecule has 0 aliphatic rings. The minimum Gasteiger partial charge on any atom is -0.305 e. The molecule has 2 aromatic rings. The molecule has 0 spiro atoms. The Morgan fingerprint density at radius 3 is 2.50 bits per heavy atom. The van der Waals surface area contributed by atoms with Gasteiger partial charge in [-0.2, -0.15) is 0 Å². The first-order chi connectivity index (χ1) is 7.56. The number of hydrogen-bond acceptors (Lipinski definition) is 1. The fourth-order valence-electron chi connectivity index (χ4n) is 1.94. The minimum atomic E-state index is 0.998. The van der Waals surface area contributed by atoms with E-state index in [2.05, 4.69) is 72.2 Å². The predicted molar refractivity (Wildman–Crippen MR) is 73.8 cm³/mol. The Morgan fingerprint density at radius 1 is 1.06 bits per heavy atom. The zero-order chi connectivity index (χ0) is 11.7. The summed E-state index contributed by atoms with van der Waals surface area (Å²) in [5, 5.41) is 2.61. The van der Waals surface area contributed by atoms with E-state index in [1.807, 2.05) is 0 Å². The molecular weight excluding hydrogens is 262 g/mol. The molecule has 0 aliphatic heterocycles. The van der Waals surface area contributed by atoms with E-state index in [1.54, 1.807) is 0 Å². The summed E-state index contributed by atoms with van der Waals surface area (Å²) in [5.41, 5.74) is 2.76. The normalized spacial score (nSPS) is 11.3. The molecule has 16 heavy (non-hydrogen) atoms. The maximum atomic E-state index is 3.51. The number of nitrogens with zero attached hydrogens (tertiary/aromatic N) is 1. The zero-order valence-electron chi connectivity index (χ0n) is 9.92. The second-order valence-corrected chi connectivity index (χ2v) is 5.42. The molecule has 2 aromatic carbocycles. The average molecular weight is 278 g/mol. The van der Waals surface area contributed by atoms with Crippen molar-refractivity contribution in [3.63, 3.8) is 0 Å². The quantitative estimate of drug-likeness (QED) is 0.803. The monoisotopic (exact) mass is 277 g/mol. The van der Waals surface area contributed by atoms with E-state index in [1.165, 1.54) is 21.9 Å². The first-order valence-electron chi connectivity index (χ1n) is 5.40. The van der Waals surface area contributed by atoms with Gasteiger partial charge in [-0.15, -0.1) is 0 Å². The summed E-state index contributed by atoms with van der Waals surface area (Å²) in [6.45, 7) is 3.18. The molecular formula is C14H16BrN. The standard InChI is InChI=1S/C14H16BrN/c1-10-6-12-8-14(15)5-4-11(12)7-13(10)9-16(2)3/h4-8H,9H2,1-3H3. The largest absolute Gasteiger partial charge is 0.305 e. The molecule has 0 amide bonds. The van der Waals surface area contributed by atoms with Crippen LogP contribution in [-0.4, -0.2) is 19.0 Å². The molecule has 0 atom stereocenters. The Morgan fingerprint density at radius 2 is 1.81 bits per heavy atom. The molecule has 2 heteroatoms. The fraction of sp³-hybridized carbons (Fsp3) is 0.286. The van der Waals surface area contributed by atoms with Crippen LogP contribution in [0.3, 0.4) is 0 Å². The zero-order valence-corrected chi connectivity index (χ0v) is 11.5. The Bertz CT molecular complexity index is 517. The molecule has 1 nitrogen and oxygen atoms in total. The highest BCUT2D eigenvalue weighted by molar-refractivity contribution is 9.10. The van der Waals surface area contributed by atoms with Crippen LogP contribution >= 0.6 is 15.9 Å². The van der Waals surface area contributed by atoms with Crippen molar-refractivity contribution < 1.29 is 0 Å². The van der Waals surface area contributed by atoms with Crippen LogP contribution in [0.25, 0.3) is 10.8 Å². The van der Waals surface area contributed by atoms with Crippen LogP contribution in [0.2, 0.25) is 0 Å². The van der Waals surface area contributed by atoms with Gasteiger partial charge in [0.25, 0.3) is 0 Å². The Labute approximate surface area is 105 Å². The highest BCUT2D eigenvalue weighted by atomic mass is 79.9.